The van der Waals surface area contributed by atoms with Crippen LogP contribution in [0.5, 0.6) is 11.5 Å². The van der Waals surface area contributed by atoms with Gasteiger partial charge in [0.2, 0.25) is 0 Å². The molecule has 0 radical (unpaired) electrons. The van der Waals surface area contributed by atoms with Crippen LogP contribution in [0.1, 0.15) is 22.7 Å². The van der Waals surface area contributed by atoms with Gasteiger partial charge >= 0.3 is 24.2 Å². The van der Waals surface area contributed by atoms with Gasteiger partial charge in [-0.1, -0.05) is 30.3 Å². The third kappa shape index (κ3) is 6.79. The van der Waals surface area contributed by atoms with E-state index in [1.807, 2.05) is 0 Å². The van der Waals surface area contributed by atoms with Gasteiger partial charge in [0.25, 0.3) is 0 Å². The molecule has 3 aromatic carbocycles. The number of ether oxygens (including phenoxy) is 1. The lowest BCUT2D eigenvalue weighted by Gasteiger charge is -2.29. The van der Waals surface area contributed by atoms with E-state index < -0.39 is 59.8 Å². The minimum absolute atomic E-state index is 0.00651. The summed E-state index contributed by atoms with van der Waals surface area (Å²) < 4.78 is 151. The second-order valence-corrected chi connectivity index (χ2v) is 8.30. The lowest BCUT2D eigenvalue weighted by Crippen LogP contribution is -2.50. The maximum Gasteiger partial charge on any atom is 0.460 e. The molecule has 3 nitrogen and oxygen atoms in total. The van der Waals surface area contributed by atoms with E-state index in [9.17, 15) is 53.4 Å². The molecule has 0 aliphatic heterocycles. The van der Waals surface area contributed by atoms with Gasteiger partial charge < -0.3 is 15.2 Å². The Morgan fingerprint density at radius 1 is 0.718 bits per heavy atom. The smallest absolute Gasteiger partial charge is 0.457 e. The van der Waals surface area contributed by atoms with Gasteiger partial charge in [-0.2, -0.15) is 43.9 Å². The molecule has 2 N–H and O–H groups in total. The fourth-order valence-electron chi connectivity index (χ4n) is 3.44. The predicted molar refractivity (Wildman–Crippen MR) is 116 cm³/mol. The Balaban J connectivity index is 2.03. The average molecular weight is 573 g/mol. The monoisotopic (exact) mass is 573 g/mol. The van der Waals surface area contributed by atoms with E-state index in [1.165, 1.54) is 36.4 Å². The van der Waals surface area contributed by atoms with Crippen LogP contribution in [0.3, 0.4) is 0 Å². The Kier molecular flexibility index (Phi) is 8.51. The number of hydrogen-bond acceptors (Lipinski definition) is 3. The molecular formula is C25H18F11NO2. The summed E-state index contributed by atoms with van der Waals surface area (Å²) in [4.78, 5) is 0. The number of nitrogens with one attached hydrogen (secondary N) is 1. The Labute approximate surface area is 213 Å². The molecule has 0 fully saturated rings. The second kappa shape index (κ2) is 11.0. The van der Waals surface area contributed by atoms with Crippen molar-refractivity contribution in [2.75, 3.05) is 6.54 Å². The van der Waals surface area contributed by atoms with Gasteiger partial charge in [0.15, 0.2) is 6.10 Å². The topological polar surface area (TPSA) is 41.5 Å². The zero-order valence-electron chi connectivity index (χ0n) is 19.3. The maximum atomic E-state index is 14.4. The molecule has 0 heterocycles. The molecule has 3 rings (SSSR count). The first-order chi connectivity index (χ1) is 17.9. The maximum absolute atomic E-state index is 14.4. The van der Waals surface area contributed by atoms with Crippen molar-refractivity contribution in [1.29, 1.82) is 0 Å². The Hall–Kier alpha value is -3.39. The first kappa shape index (κ1) is 30.2. The quantitative estimate of drug-likeness (QED) is 0.261. The largest absolute Gasteiger partial charge is 0.460 e. The summed E-state index contributed by atoms with van der Waals surface area (Å²) >= 11 is 0. The van der Waals surface area contributed by atoms with Gasteiger partial charge in [0, 0.05) is 12.1 Å². The SMILES string of the molecule is OC(CNC(c1cccc(Oc2ccc(F)cc2)c1)c1cccc(C(F)(F)C(F)(F)C(F)(F)F)c1)C(F)(F)F. The fourth-order valence-corrected chi connectivity index (χ4v) is 3.44. The lowest BCUT2D eigenvalue weighted by molar-refractivity contribution is -0.359. The third-order valence-electron chi connectivity index (χ3n) is 5.47. The van der Waals surface area contributed by atoms with Crippen LogP contribution in [0, 0.1) is 5.82 Å². The van der Waals surface area contributed by atoms with Gasteiger partial charge in [0.05, 0.1) is 6.04 Å². The van der Waals surface area contributed by atoms with Crippen LogP contribution >= 0.6 is 0 Å². The molecule has 0 aromatic heterocycles. The zero-order valence-corrected chi connectivity index (χ0v) is 19.3. The molecule has 212 valence electrons. The van der Waals surface area contributed by atoms with Gasteiger partial charge in [-0.3, -0.25) is 0 Å². The third-order valence-corrected chi connectivity index (χ3v) is 5.47. The Morgan fingerprint density at radius 3 is 1.85 bits per heavy atom. The first-order valence-corrected chi connectivity index (χ1v) is 10.9. The predicted octanol–water partition coefficient (Wildman–Crippen LogP) is 7.51. The van der Waals surface area contributed by atoms with E-state index in [1.54, 1.807) is 0 Å². The minimum Gasteiger partial charge on any atom is -0.457 e. The number of aliphatic hydroxyl groups is 1. The average Bonchev–Trinajstić information content (AvgIpc) is 2.84. The van der Waals surface area contributed by atoms with Crippen LogP contribution in [-0.2, 0) is 5.92 Å². The van der Waals surface area contributed by atoms with Crippen molar-refractivity contribution in [2.45, 2.75) is 36.3 Å². The van der Waals surface area contributed by atoms with Crippen LogP contribution in [0.15, 0.2) is 72.8 Å². The Bertz CT molecular complexity index is 1260. The molecule has 0 amide bonds. The summed E-state index contributed by atoms with van der Waals surface area (Å²) in [5.41, 5.74) is -2.16. The minimum atomic E-state index is -6.60. The van der Waals surface area contributed by atoms with Crippen LogP contribution in [0.4, 0.5) is 48.3 Å². The van der Waals surface area contributed by atoms with Crippen LogP contribution in [0.2, 0.25) is 0 Å². The highest BCUT2D eigenvalue weighted by molar-refractivity contribution is 5.41. The van der Waals surface area contributed by atoms with Crippen molar-refractivity contribution in [3.63, 3.8) is 0 Å². The highest BCUT2D eigenvalue weighted by Gasteiger charge is 2.73. The summed E-state index contributed by atoms with van der Waals surface area (Å²) in [6, 6.07) is 10.7. The zero-order chi connectivity index (χ0) is 29.2. The van der Waals surface area contributed by atoms with E-state index >= 15 is 0 Å². The number of aliphatic hydroxyl groups excluding tert-OH is 1. The molecule has 3 aromatic rings. The van der Waals surface area contributed by atoms with Crippen LogP contribution in [0.25, 0.3) is 0 Å². The fraction of sp³-hybridized carbons (Fsp3) is 0.280. The highest BCUT2D eigenvalue weighted by Crippen LogP contribution is 2.52. The number of rotatable bonds is 9. The van der Waals surface area contributed by atoms with E-state index in [2.05, 4.69) is 5.32 Å². The number of benzene rings is 3. The molecule has 0 saturated carbocycles. The molecular weight excluding hydrogens is 555 g/mol. The standard InChI is InChI=1S/C25H18F11NO2/c26-17-7-9-18(10-8-17)39-19-6-2-4-15(12-19)21(37-13-20(38)23(29,30)31)14-3-1-5-16(11-14)22(27,28)24(32,33)25(34,35)36/h1-12,20-21,37-38H,13H2. The van der Waals surface area contributed by atoms with Gasteiger partial charge in [-0.25, -0.2) is 4.39 Å². The van der Waals surface area contributed by atoms with Crippen molar-refractivity contribution in [2.24, 2.45) is 0 Å². The van der Waals surface area contributed by atoms with E-state index in [-0.39, 0.29) is 17.1 Å². The van der Waals surface area contributed by atoms with Gasteiger partial charge in [-0.05, 0) is 53.6 Å². The summed E-state index contributed by atoms with van der Waals surface area (Å²) in [6.45, 7) is -1.20. The number of alkyl halides is 10. The van der Waals surface area contributed by atoms with Crippen molar-refractivity contribution in [1.82, 2.24) is 5.32 Å². The highest BCUT2D eigenvalue weighted by atomic mass is 19.4. The van der Waals surface area contributed by atoms with Crippen molar-refractivity contribution >= 4 is 0 Å². The summed E-state index contributed by atoms with van der Waals surface area (Å²) in [6.07, 6.45) is -14.6. The molecule has 0 bridgehead atoms. The van der Waals surface area contributed by atoms with E-state index in [4.69, 9.17) is 4.74 Å². The first-order valence-electron chi connectivity index (χ1n) is 10.9. The molecule has 2 unspecified atom stereocenters. The summed E-state index contributed by atoms with van der Waals surface area (Å²) in [7, 11) is 0. The van der Waals surface area contributed by atoms with Crippen molar-refractivity contribution < 1.29 is 58.1 Å². The van der Waals surface area contributed by atoms with Gasteiger partial charge in [-0.15, -0.1) is 0 Å². The lowest BCUT2D eigenvalue weighted by atomic mass is 9.93. The van der Waals surface area contributed by atoms with Crippen molar-refractivity contribution in [3.8, 4) is 11.5 Å². The van der Waals surface area contributed by atoms with E-state index in [0.29, 0.717) is 12.1 Å². The number of halogens is 11. The Morgan fingerprint density at radius 2 is 1.28 bits per heavy atom. The normalized spacial score (nSPS) is 14.7. The van der Waals surface area contributed by atoms with Gasteiger partial charge in [0.1, 0.15) is 17.3 Å². The molecule has 2 atom stereocenters. The molecule has 0 aliphatic rings. The molecule has 0 aliphatic carbocycles. The number of hydrogen-bond donors (Lipinski definition) is 2. The van der Waals surface area contributed by atoms with Crippen LogP contribution < -0.4 is 10.1 Å². The molecule has 0 spiro atoms. The second-order valence-electron chi connectivity index (χ2n) is 8.30. The van der Waals surface area contributed by atoms with Crippen molar-refractivity contribution in [3.05, 3.63) is 95.3 Å². The molecule has 14 heteroatoms. The molecule has 0 saturated heterocycles. The van der Waals surface area contributed by atoms with Crippen LogP contribution in [-0.4, -0.2) is 36.0 Å². The van der Waals surface area contributed by atoms with E-state index in [0.717, 1.165) is 24.3 Å². The molecule has 39 heavy (non-hydrogen) atoms. The summed E-state index contributed by atoms with van der Waals surface area (Å²) in [5.74, 6) is -12.6. The summed E-state index contributed by atoms with van der Waals surface area (Å²) in [5, 5.41) is 11.7.